The third-order valence-electron chi connectivity index (χ3n) is 4.00. The van der Waals surface area contributed by atoms with Crippen LogP contribution in [0.5, 0.6) is 0 Å². The van der Waals surface area contributed by atoms with Gasteiger partial charge in [-0.05, 0) is 43.7 Å². The molecule has 1 heterocycles. The number of furan rings is 1. The third kappa shape index (κ3) is 4.39. The molecule has 1 amide bonds. The van der Waals surface area contributed by atoms with Crippen molar-refractivity contribution < 1.29 is 14.3 Å². The maximum absolute atomic E-state index is 11.7. The van der Waals surface area contributed by atoms with E-state index < -0.39 is 5.60 Å². The highest BCUT2D eigenvalue weighted by Crippen LogP contribution is 2.31. The summed E-state index contributed by atoms with van der Waals surface area (Å²) in [5.74, 6) is 1.48. The fourth-order valence-electron chi connectivity index (χ4n) is 2.52. The highest BCUT2D eigenvalue weighted by molar-refractivity contribution is 5.76. The van der Waals surface area contributed by atoms with E-state index in [0.717, 1.165) is 31.4 Å². The largest absolute Gasteiger partial charge is 0.469 e. The van der Waals surface area contributed by atoms with Crippen LogP contribution in [0.1, 0.15) is 44.8 Å². The van der Waals surface area contributed by atoms with Crippen molar-refractivity contribution in [3.05, 3.63) is 24.2 Å². The minimum absolute atomic E-state index is 0.0246. The van der Waals surface area contributed by atoms with Crippen LogP contribution in [0.25, 0.3) is 0 Å². The maximum atomic E-state index is 11.7. The predicted octanol–water partition coefficient (Wildman–Crippen LogP) is 2.27. The Kier molecular flexibility index (Phi) is 4.64. The smallest absolute Gasteiger partial charge is 0.220 e. The standard InChI is InChI=1S/C15H23NO3/c1-12-6-8-15(18,9-7-12)11-16-14(17)5-4-13-3-2-10-19-13/h2-3,10,12,18H,4-9,11H2,1H3,(H,16,17). The predicted molar refractivity (Wildman–Crippen MR) is 72.6 cm³/mol. The van der Waals surface area contributed by atoms with Gasteiger partial charge in [-0.2, -0.15) is 0 Å². The van der Waals surface area contributed by atoms with E-state index in [4.69, 9.17) is 4.42 Å². The molecule has 106 valence electrons. The highest BCUT2D eigenvalue weighted by Gasteiger charge is 2.31. The Labute approximate surface area is 114 Å². The first-order chi connectivity index (χ1) is 9.07. The molecule has 19 heavy (non-hydrogen) atoms. The van der Waals surface area contributed by atoms with Crippen molar-refractivity contribution >= 4 is 5.91 Å². The van der Waals surface area contributed by atoms with Gasteiger partial charge in [0.05, 0.1) is 11.9 Å². The number of carbonyl (C=O) groups is 1. The fourth-order valence-corrected chi connectivity index (χ4v) is 2.52. The summed E-state index contributed by atoms with van der Waals surface area (Å²) in [7, 11) is 0. The summed E-state index contributed by atoms with van der Waals surface area (Å²) in [4.78, 5) is 11.7. The van der Waals surface area contributed by atoms with Crippen LogP contribution in [0.4, 0.5) is 0 Å². The Morgan fingerprint density at radius 2 is 2.26 bits per heavy atom. The second kappa shape index (κ2) is 6.24. The Balaban J connectivity index is 1.68. The van der Waals surface area contributed by atoms with Crippen molar-refractivity contribution in [3.8, 4) is 0 Å². The summed E-state index contributed by atoms with van der Waals surface area (Å²) in [6.07, 6.45) is 6.27. The lowest BCUT2D eigenvalue weighted by atomic mass is 9.79. The van der Waals surface area contributed by atoms with E-state index in [1.807, 2.05) is 12.1 Å². The van der Waals surface area contributed by atoms with E-state index in [9.17, 15) is 9.90 Å². The van der Waals surface area contributed by atoms with Gasteiger partial charge in [-0.1, -0.05) is 6.92 Å². The topological polar surface area (TPSA) is 62.5 Å². The summed E-state index contributed by atoms with van der Waals surface area (Å²) in [6.45, 7) is 2.58. The molecule has 1 aromatic rings. The SMILES string of the molecule is CC1CCC(O)(CNC(=O)CCc2ccco2)CC1. The van der Waals surface area contributed by atoms with Crippen LogP contribution in [0.15, 0.2) is 22.8 Å². The molecular formula is C15H23NO3. The normalized spacial score (nSPS) is 27.2. The quantitative estimate of drug-likeness (QED) is 0.858. The zero-order valence-electron chi connectivity index (χ0n) is 11.5. The minimum Gasteiger partial charge on any atom is -0.469 e. The molecule has 0 saturated heterocycles. The minimum atomic E-state index is -0.702. The van der Waals surface area contributed by atoms with Crippen LogP contribution >= 0.6 is 0 Å². The molecule has 1 saturated carbocycles. The second-order valence-electron chi connectivity index (χ2n) is 5.76. The van der Waals surface area contributed by atoms with Crippen molar-refractivity contribution in [2.24, 2.45) is 5.92 Å². The lowest BCUT2D eigenvalue weighted by Gasteiger charge is -2.34. The molecule has 0 bridgehead atoms. The van der Waals surface area contributed by atoms with Crippen molar-refractivity contribution in [1.29, 1.82) is 0 Å². The maximum Gasteiger partial charge on any atom is 0.220 e. The number of aryl methyl sites for hydroxylation is 1. The van der Waals surface area contributed by atoms with Crippen LogP contribution in [-0.4, -0.2) is 23.2 Å². The van der Waals surface area contributed by atoms with Gasteiger partial charge in [0.15, 0.2) is 0 Å². The average molecular weight is 265 g/mol. The van der Waals surface area contributed by atoms with Crippen molar-refractivity contribution in [2.45, 2.75) is 51.0 Å². The summed E-state index contributed by atoms with van der Waals surface area (Å²) in [6, 6.07) is 3.68. The summed E-state index contributed by atoms with van der Waals surface area (Å²) in [5, 5.41) is 13.2. The molecule has 4 heteroatoms. The molecule has 1 aliphatic rings. The van der Waals surface area contributed by atoms with Gasteiger partial charge in [0, 0.05) is 19.4 Å². The molecule has 0 radical (unpaired) electrons. The van der Waals surface area contributed by atoms with Crippen molar-refractivity contribution in [1.82, 2.24) is 5.32 Å². The highest BCUT2D eigenvalue weighted by atomic mass is 16.3. The molecule has 2 rings (SSSR count). The van der Waals surface area contributed by atoms with Gasteiger partial charge in [0.2, 0.25) is 5.91 Å². The van der Waals surface area contributed by atoms with Gasteiger partial charge in [0.1, 0.15) is 5.76 Å². The summed E-state index contributed by atoms with van der Waals surface area (Å²) >= 11 is 0. The van der Waals surface area contributed by atoms with Gasteiger partial charge in [-0.15, -0.1) is 0 Å². The first-order valence-corrected chi connectivity index (χ1v) is 7.09. The number of aliphatic hydroxyl groups is 1. The second-order valence-corrected chi connectivity index (χ2v) is 5.76. The monoisotopic (exact) mass is 265 g/mol. The Morgan fingerprint density at radius 3 is 2.89 bits per heavy atom. The molecule has 4 nitrogen and oxygen atoms in total. The first kappa shape index (κ1) is 14.1. The summed E-state index contributed by atoms with van der Waals surface area (Å²) < 4.78 is 5.18. The van der Waals surface area contributed by atoms with Gasteiger partial charge in [0.25, 0.3) is 0 Å². The van der Waals surface area contributed by atoms with E-state index in [1.165, 1.54) is 0 Å². The Bertz CT molecular complexity index is 392. The van der Waals surface area contributed by atoms with E-state index in [1.54, 1.807) is 6.26 Å². The first-order valence-electron chi connectivity index (χ1n) is 7.09. The Morgan fingerprint density at radius 1 is 1.53 bits per heavy atom. The summed E-state index contributed by atoms with van der Waals surface area (Å²) in [5.41, 5.74) is -0.702. The zero-order valence-corrected chi connectivity index (χ0v) is 11.5. The molecule has 0 aromatic carbocycles. The molecule has 1 fully saturated rings. The number of rotatable bonds is 5. The van der Waals surface area contributed by atoms with Crippen molar-refractivity contribution in [2.75, 3.05) is 6.54 Å². The third-order valence-corrected chi connectivity index (χ3v) is 4.00. The molecular weight excluding hydrogens is 242 g/mol. The number of carbonyl (C=O) groups excluding carboxylic acids is 1. The van der Waals surface area contributed by atoms with Crippen LogP contribution in [0.3, 0.4) is 0 Å². The molecule has 0 unspecified atom stereocenters. The lowest BCUT2D eigenvalue weighted by molar-refractivity contribution is -0.122. The molecule has 1 aliphatic carbocycles. The van der Waals surface area contributed by atoms with E-state index in [2.05, 4.69) is 12.2 Å². The average Bonchev–Trinajstić information content (AvgIpc) is 2.91. The number of hydrogen-bond donors (Lipinski definition) is 2. The van der Waals surface area contributed by atoms with Gasteiger partial charge in [-0.25, -0.2) is 0 Å². The van der Waals surface area contributed by atoms with Gasteiger partial charge < -0.3 is 14.8 Å². The van der Waals surface area contributed by atoms with Gasteiger partial charge in [-0.3, -0.25) is 4.79 Å². The van der Waals surface area contributed by atoms with Crippen LogP contribution in [0.2, 0.25) is 0 Å². The molecule has 0 spiro atoms. The van der Waals surface area contributed by atoms with E-state index in [0.29, 0.717) is 25.3 Å². The Hall–Kier alpha value is -1.29. The lowest BCUT2D eigenvalue weighted by Crippen LogP contribution is -2.45. The van der Waals surface area contributed by atoms with Gasteiger partial charge >= 0.3 is 0 Å². The van der Waals surface area contributed by atoms with Crippen molar-refractivity contribution in [3.63, 3.8) is 0 Å². The number of hydrogen-bond acceptors (Lipinski definition) is 3. The van der Waals surface area contributed by atoms with E-state index in [-0.39, 0.29) is 5.91 Å². The molecule has 1 aromatic heterocycles. The van der Waals surface area contributed by atoms with Crippen LogP contribution in [-0.2, 0) is 11.2 Å². The fraction of sp³-hybridized carbons (Fsp3) is 0.667. The number of nitrogens with one attached hydrogen (secondary N) is 1. The van der Waals surface area contributed by atoms with Crippen LogP contribution < -0.4 is 5.32 Å². The molecule has 0 aliphatic heterocycles. The van der Waals surface area contributed by atoms with Crippen LogP contribution in [0, 0.1) is 5.92 Å². The zero-order chi connectivity index (χ0) is 13.7. The molecule has 2 N–H and O–H groups in total. The number of amides is 1. The van der Waals surface area contributed by atoms with E-state index >= 15 is 0 Å². The molecule has 0 atom stereocenters.